The van der Waals surface area contributed by atoms with Gasteiger partial charge in [-0.05, 0) is 10.4 Å². The number of anilines is 1. The number of aromatic amines is 1. The van der Waals surface area contributed by atoms with Crippen LogP contribution >= 0.6 is 11.3 Å². The van der Waals surface area contributed by atoms with Gasteiger partial charge in [0.05, 0.1) is 0 Å². The molecule has 15 heavy (non-hydrogen) atoms. The van der Waals surface area contributed by atoms with Gasteiger partial charge < -0.3 is 0 Å². The number of rotatable bonds is 2. The van der Waals surface area contributed by atoms with Crippen molar-refractivity contribution >= 4 is 22.4 Å². The van der Waals surface area contributed by atoms with E-state index in [-0.39, 0.29) is 11.5 Å². The Labute approximate surface area is 87.0 Å². The summed E-state index contributed by atoms with van der Waals surface area (Å²) in [6, 6.07) is 1.86. The van der Waals surface area contributed by atoms with Crippen molar-refractivity contribution in [1.82, 2.24) is 25.6 Å². The minimum atomic E-state index is -0.501. The second-order valence-electron chi connectivity index (χ2n) is 2.35. The Hall–Kier alpha value is -2.34. The molecular formula is C6H3N7OS. The molecule has 0 aliphatic heterocycles. The second-order valence-corrected chi connectivity index (χ2v) is 3.21. The minimum Gasteiger partial charge on any atom is -0.295 e. The molecule has 0 atom stereocenters. The van der Waals surface area contributed by atoms with Gasteiger partial charge in [0.25, 0.3) is 5.91 Å². The third-order valence-electron chi connectivity index (χ3n) is 1.40. The van der Waals surface area contributed by atoms with Gasteiger partial charge in [-0.2, -0.15) is 5.26 Å². The number of aromatic nitrogens is 5. The molecule has 8 nitrogen and oxygen atoms in total. The smallest absolute Gasteiger partial charge is 0.295 e. The van der Waals surface area contributed by atoms with Crippen molar-refractivity contribution < 1.29 is 4.79 Å². The van der Waals surface area contributed by atoms with Crippen molar-refractivity contribution in [2.45, 2.75) is 0 Å². The number of amides is 1. The van der Waals surface area contributed by atoms with E-state index in [1.54, 1.807) is 0 Å². The number of nitrogens with one attached hydrogen (secondary N) is 2. The summed E-state index contributed by atoms with van der Waals surface area (Å²) in [5, 5.41) is 25.1. The van der Waals surface area contributed by atoms with Gasteiger partial charge in [-0.3, -0.25) is 10.1 Å². The lowest BCUT2D eigenvalue weighted by Crippen LogP contribution is -2.13. The predicted octanol–water partition coefficient (Wildman–Crippen LogP) is -0.220. The van der Waals surface area contributed by atoms with E-state index in [0.29, 0.717) is 5.13 Å². The standard InChI is InChI=1S/C6H3N7OS/c7-1-3-2-15-6(8-3)9-5(14)4-10-12-13-11-4/h2H,(H,8,9,14)(H,10,11,12,13). The third kappa shape index (κ3) is 1.94. The van der Waals surface area contributed by atoms with Crippen LogP contribution in [0.15, 0.2) is 5.38 Å². The Kier molecular flexibility index (Phi) is 2.34. The molecule has 74 valence electrons. The highest BCUT2D eigenvalue weighted by atomic mass is 32.1. The van der Waals surface area contributed by atoms with Gasteiger partial charge in [0.2, 0.25) is 5.82 Å². The number of nitrogens with zero attached hydrogens (tertiary/aromatic N) is 5. The van der Waals surface area contributed by atoms with E-state index in [1.165, 1.54) is 5.38 Å². The zero-order chi connectivity index (χ0) is 10.7. The maximum atomic E-state index is 11.4. The van der Waals surface area contributed by atoms with Crippen LogP contribution in [0.3, 0.4) is 0 Å². The fraction of sp³-hybridized carbons (Fsp3) is 0. The average Bonchev–Trinajstić information content (AvgIpc) is 2.87. The van der Waals surface area contributed by atoms with Crippen LogP contribution in [0.5, 0.6) is 0 Å². The summed E-state index contributed by atoms with van der Waals surface area (Å²) in [6.07, 6.45) is 0. The van der Waals surface area contributed by atoms with Crippen LogP contribution in [0, 0.1) is 11.3 Å². The second kappa shape index (κ2) is 3.81. The summed E-state index contributed by atoms with van der Waals surface area (Å²) in [4.78, 5) is 15.2. The highest BCUT2D eigenvalue weighted by Crippen LogP contribution is 2.14. The SMILES string of the molecule is N#Cc1csc(NC(=O)c2nnn[nH]2)n1. The molecule has 1 amide bonds. The van der Waals surface area contributed by atoms with Gasteiger partial charge in [-0.1, -0.05) is 0 Å². The van der Waals surface area contributed by atoms with E-state index in [1.807, 2.05) is 6.07 Å². The topological polar surface area (TPSA) is 120 Å². The minimum absolute atomic E-state index is 0.0105. The van der Waals surface area contributed by atoms with Crippen molar-refractivity contribution in [1.29, 1.82) is 5.26 Å². The van der Waals surface area contributed by atoms with Crippen LogP contribution < -0.4 is 5.32 Å². The van der Waals surface area contributed by atoms with Crippen LogP contribution in [-0.2, 0) is 0 Å². The van der Waals surface area contributed by atoms with Crippen molar-refractivity contribution in [2.24, 2.45) is 0 Å². The molecule has 0 aromatic carbocycles. The van der Waals surface area contributed by atoms with Gasteiger partial charge >= 0.3 is 0 Å². The summed E-state index contributed by atoms with van der Waals surface area (Å²) in [5.74, 6) is -0.512. The molecule has 0 aliphatic rings. The molecule has 0 spiro atoms. The lowest BCUT2D eigenvalue weighted by Gasteiger charge is -1.94. The summed E-state index contributed by atoms with van der Waals surface area (Å²) >= 11 is 1.15. The molecule has 0 bridgehead atoms. The molecule has 0 fully saturated rings. The quantitative estimate of drug-likeness (QED) is 0.723. The van der Waals surface area contributed by atoms with Gasteiger partial charge in [0.15, 0.2) is 10.8 Å². The Balaban J connectivity index is 2.10. The van der Waals surface area contributed by atoms with Crippen LogP contribution in [0.25, 0.3) is 0 Å². The van der Waals surface area contributed by atoms with Crippen LogP contribution in [0.4, 0.5) is 5.13 Å². The molecule has 0 saturated heterocycles. The van der Waals surface area contributed by atoms with Gasteiger partial charge in [0, 0.05) is 5.38 Å². The van der Waals surface area contributed by atoms with Crippen molar-refractivity contribution in [3.05, 3.63) is 16.9 Å². The normalized spacial score (nSPS) is 9.53. The fourth-order valence-electron chi connectivity index (χ4n) is 0.794. The maximum Gasteiger partial charge on any atom is 0.296 e. The van der Waals surface area contributed by atoms with Crippen molar-refractivity contribution in [3.8, 4) is 6.07 Å². The van der Waals surface area contributed by atoms with Crippen LogP contribution in [0.1, 0.15) is 16.3 Å². The molecule has 0 aliphatic carbocycles. The van der Waals surface area contributed by atoms with E-state index < -0.39 is 5.91 Å². The number of hydrogen-bond donors (Lipinski definition) is 2. The summed E-state index contributed by atoms with van der Waals surface area (Å²) in [7, 11) is 0. The molecule has 0 saturated carbocycles. The lowest BCUT2D eigenvalue weighted by molar-refractivity contribution is 0.101. The zero-order valence-electron chi connectivity index (χ0n) is 7.13. The summed E-state index contributed by atoms with van der Waals surface area (Å²) < 4.78 is 0. The Morgan fingerprint density at radius 3 is 3.13 bits per heavy atom. The lowest BCUT2D eigenvalue weighted by atomic mass is 10.5. The van der Waals surface area contributed by atoms with Crippen molar-refractivity contribution in [2.75, 3.05) is 5.32 Å². The summed E-state index contributed by atoms with van der Waals surface area (Å²) in [5.41, 5.74) is 0.256. The van der Waals surface area contributed by atoms with E-state index >= 15 is 0 Å². The number of tetrazole rings is 1. The number of thiazole rings is 1. The van der Waals surface area contributed by atoms with Gasteiger partial charge in [-0.15, -0.1) is 16.4 Å². The molecule has 2 aromatic rings. The fourth-order valence-corrected chi connectivity index (χ4v) is 1.43. The van der Waals surface area contributed by atoms with Crippen LogP contribution in [0.2, 0.25) is 0 Å². The first-order valence-corrected chi connectivity index (χ1v) is 4.58. The Morgan fingerprint density at radius 1 is 1.67 bits per heavy atom. The zero-order valence-corrected chi connectivity index (χ0v) is 7.95. The van der Waals surface area contributed by atoms with E-state index in [4.69, 9.17) is 5.26 Å². The summed E-state index contributed by atoms with van der Waals surface area (Å²) in [6.45, 7) is 0. The predicted molar refractivity (Wildman–Crippen MR) is 49.0 cm³/mol. The molecule has 2 aromatic heterocycles. The molecule has 9 heteroatoms. The molecular weight excluding hydrogens is 218 g/mol. The molecule has 2 rings (SSSR count). The van der Waals surface area contributed by atoms with Crippen LogP contribution in [-0.4, -0.2) is 31.5 Å². The highest BCUT2D eigenvalue weighted by Gasteiger charge is 2.11. The number of nitriles is 1. The monoisotopic (exact) mass is 221 g/mol. The molecule has 2 N–H and O–H groups in total. The molecule has 0 radical (unpaired) electrons. The molecule has 2 heterocycles. The first-order valence-electron chi connectivity index (χ1n) is 3.70. The molecule has 0 unspecified atom stereocenters. The van der Waals surface area contributed by atoms with E-state index in [2.05, 4.69) is 30.9 Å². The number of H-pyrrole nitrogens is 1. The Bertz CT molecular complexity index is 510. The number of carbonyl (C=O) groups excluding carboxylic acids is 1. The average molecular weight is 221 g/mol. The first-order chi connectivity index (χ1) is 7.29. The maximum absolute atomic E-state index is 11.4. The largest absolute Gasteiger partial charge is 0.296 e. The van der Waals surface area contributed by atoms with Crippen molar-refractivity contribution in [3.63, 3.8) is 0 Å². The van der Waals surface area contributed by atoms with E-state index in [9.17, 15) is 4.79 Å². The highest BCUT2D eigenvalue weighted by molar-refractivity contribution is 7.14. The van der Waals surface area contributed by atoms with E-state index in [0.717, 1.165) is 11.3 Å². The van der Waals surface area contributed by atoms with Gasteiger partial charge in [-0.25, -0.2) is 10.1 Å². The Morgan fingerprint density at radius 2 is 2.53 bits per heavy atom. The number of carbonyl (C=O) groups is 1. The number of hydrogen-bond acceptors (Lipinski definition) is 7. The first kappa shape index (κ1) is 9.22. The van der Waals surface area contributed by atoms with Gasteiger partial charge in [0.1, 0.15) is 6.07 Å². The third-order valence-corrected chi connectivity index (χ3v) is 2.16.